The fourth-order valence-corrected chi connectivity index (χ4v) is 3.30. The van der Waals surface area contributed by atoms with E-state index < -0.39 is 5.97 Å². The number of thiazole rings is 1. The van der Waals surface area contributed by atoms with Crippen molar-refractivity contribution in [2.24, 2.45) is 0 Å². The van der Waals surface area contributed by atoms with Crippen LogP contribution in [0.1, 0.15) is 33.3 Å². The number of carbonyl (C=O) groups excluding carboxylic acids is 1. The van der Waals surface area contributed by atoms with Crippen LogP contribution in [0.3, 0.4) is 0 Å². The Labute approximate surface area is 133 Å². The average molecular weight is 346 g/mol. The molecule has 21 heavy (non-hydrogen) atoms. The standard InChI is InChI=1S/C12H12ClN3O3S2/c1-6(8-2-3-9(13)21-8)15-12(19)14-4-10-16-7(5-20-10)11(17)18/h2-3,5-6H,4H2,1H3,(H,17,18)(H2,14,15,19). The predicted octanol–water partition coefficient (Wildman–Crippen LogP) is 3.12. The third kappa shape index (κ3) is 4.42. The number of amides is 2. The van der Waals surface area contributed by atoms with Gasteiger partial charge in [0.05, 0.1) is 16.9 Å². The molecule has 0 saturated carbocycles. The highest BCUT2D eigenvalue weighted by atomic mass is 35.5. The van der Waals surface area contributed by atoms with Gasteiger partial charge < -0.3 is 15.7 Å². The lowest BCUT2D eigenvalue weighted by atomic mass is 10.3. The first-order valence-electron chi connectivity index (χ1n) is 5.93. The summed E-state index contributed by atoms with van der Waals surface area (Å²) in [5.41, 5.74) is -0.0150. The molecule has 0 aromatic carbocycles. The molecule has 0 bridgehead atoms. The van der Waals surface area contributed by atoms with E-state index in [-0.39, 0.29) is 24.3 Å². The van der Waals surface area contributed by atoms with Crippen LogP contribution in [0.5, 0.6) is 0 Å². The Balaban J connectivity index is 1.82. The normalized spacial score (nSPS) is 11.9. The molecule has 2 amide bonds. The molecule has 0 aliphatic rings. The monoisotopic (exact) mass is 345 g/mol. The second kappa shape index (κ2) is 6.88. The first-order valence-corrected chi connectivity index (χ1v) is 8.00. The number of hydrogen-bond donors (Lipinski definition) is 3. The molecule has 6 nitrogen and oxygen atoms in total. The van der Waals surface area contributed by atoms with E-state index >= 15 is 0 Å². The van der Waals surface area contributed by atoms with E-state index in [1.165, 1.54) is 28.1 Å². The number of hydrogen-bond acceptors (Lipinski definition) is 5. The Morgan fingerprint density at radius 2 is 2.24 bits per heavy atom. The van der Waals surface area contributed by atoms with Crippen LogP contribution >= 0.6 is 34.3 Å². The van der Waals surface area contributed by atoms with Crippen molar-refractivity contribution in [2.75, 3.05) is 0 Å². The van der Waals surface area contributed by atoms with E-state index in [2.05, 4.69) is 15.6 Å². The van der Waals surface area contributed by atoms with Crippen molar-refractivity contribution in [3.63, 3.8) is 0 Å². The highest BCUT2D eigenvalue weighted by Crippen LogP contribution is 2.26. The summed E-state index contributed by atoms with van der Waals surface area (Å²) < 4.78 is 0.669. The fourth-order valence-electron chi connectivity index (χ4n) is 1.53. The van der Waals surface area contributed by atoms with Crippen molar-refractivity contribution in [1.29, 1.82) is 0 Å². The fraction of sp³-hybridized carbons (Fsp3) is 0.250. The first-order chi connectivity index (χ1) is 9.95. The third-order valence-electron chi connectivity index (χ3n) is 2.54. The molecule has 0 saturated heterocycles. The maximum Gasteiger partial charge on any atom is 0.355 e. The number of carbonyl (C=O) groups is 2. The second-order valence-corrected chi connectivity index (χ2v) is 6.81. The molecular formula is C12H12ClN3O3S2. The summed E-state index contributed by atoms with van der Waals surface area (Å²) in [5, 5.41) is 16.1. The number of nitrogens with zero attached hydrogens (tertiary/aromatic N) is 1. The molecule has 3 N–H and O–H groups in total. The molecular weight excluding hydrogens is 334 g/mol. The number of halogens is 1. The summed E-state index contributed by atoms with van der Waals surface area (Å²) >= 11 is 8.44. The van der Waals surface area contributed by atoms with Crippen molar-refractivity contribution < 1.29 is 14.7 Å². The SMILES string of the molecule is CC(NC(=O)NCc1nc(C(=O)O)cs1)c1ccc(Cl)s1. The Bertz CT molecular complexity index is 656. The number of aromatic nitrogens is 1. The van der Waals surface area contributed by atoms with Gasteiger partial charge in [-0.1, -0.05) is 11.6 Å². The van der Waals surface area contributed by atoms with Crippen LogP contribution in [0.4, 0.5) is 4.79 Å². The number of thiophene rings is 1. The van der Waals surface area contributed by atoms with Crippen LogP contribution < -0.4 is 10.6 Å². The van der Waals surface area contributed by atoms with Crippen LogP contribution in [0.25, 0.3) is 0 Å². The molecule has 9 heteroatoms. The summed E-state index contributed by atoms with van der Waals surface area (Å²) in [4.78, 5) is 27.3. The van der Waals surface area contributed by atoms with Crippen molar-refractivity contribution in [2.45, 2.75) is 19.5 Å². The van der Waals surface area contributed by atoms with Gasteiger partial charge in [-0.2, -0.15) is 0 Å². The van der Waals surface area contributed by atoms with Crippen LogP contribution in [0, 0.1) is 0 Å². The van der Waals surface area contributed by atoms with Crippen LogP contribution in [-0.4, -0.2) is 22.1 Å². The second-order valence-electron chi connectivity index (χ2n) is 4.12. The summed E-state index contributed by atoms with van der Waals surface area (Å²) in [6.45, 7) is 2.04. The maximum absolute atomic E-state index is 11.8. The number of urea groups is 1. The van der Waals surface area contributed by atoms with Crippen LogP contribution in [0.15, 0.2) is 17.5 Å². The van der Waals surface area contributed by atoms with Gasteiger partial charge in [0.25, 0.3) is 0 Å². The van der Waals surface area contributed by atoms with Crippen molar-refractivity contribution in [1.82, 2.24) is 15.6 Å². The lowest BCUT2D eigenvalue weighted by Crippen LogP contribution is -2.36. The summed E-state index contributed by atoms with van der Waals surface area (Å²) in [6.07, 6.45) is 0. The molecule has 2 aromatic rings. The molecule has 1 unspecified atom stereocenters. The Kier molecular flexibility index (Phi) is 5.16. The molecule has 2 rings (SSSR count). The minimum atomic E-state index is -1.08. The molecule has 0 aliphatic carbocycles. The summed E-state index contributed by atoms with van der Waals surface area (Å²) in [6, 6.07) is 3.13. The zero-order chi connectivity index (χ0) is 15.4. The number of nitrogens with one attached hydrogen (secondary N) is 2. The quantitative estimate of drug-likeness (QED) is 0.776. The molecule has 2 heterocycles. The Morgan fingerprint density at radius 1 is 1.48 bits per heavy atom. The first kappa shape index (κ1) is 15.7. The van der Waals surface area contributed by atoms with Crippen LogP contribution in [0.2, 0.25) is 4.34 Å². The zero-order valence-electron chi connectivity index (χ0n) is 10.9. The Morgan fingerprint density at radius 3 is 2.81 bits per heavy atom. The molecule has 0 aliphatic heterocycles. The van der Waals surface area contributed by atoms with Gasteiger partial charge in [0.1, 0.15) is 5.01 Å². The van der Waals surface area contributed by atoms with Gasteiger partial charge >= 0.3 is 12.0 Å². The van der Waals surface area contributed by atoms with Gasteiger partial charge in [-0.25, -0.2) is 14.6 Å². The average Bonchev–Trinajstić information content (AvgIpc) is 3.05. The minimum absolute atomic E-state index is 0.0150. The zero-order valence-corrected chi connectivity index (χ0v) is 13.3. The van der Waals surface area contributed by atoms with E-state index in [4.69, 9.17) is 16.7 Å². The summed E-state index contributed by atoms with van der Waals surface area (Å²) in [5.74, 6) is -1.08. The highest BCUT2D eigenvalue weighted by molar-refractivity contribution is 7.16. The molecule has 0 radical (unpaired) electrons. The molecule has 112 valence electrons. The van der Waals surface area contributed by atoms with Gasteiger partial charge in [-0.15, -0.1) is 22.7 Å². The van der Waals surface area contributed by atoms with Gasteiger partial charge in [-0.05, 0) is 19.1 Å². The number of carboxylic acid groups (broad SMARTS) is 1. The van der Waals surface area contributed by atoms with Crippen molar-refractivity contribution in [3.05, 3.63) is 37.4 Å². The minimum Gasteiger partial charge on any atom is -0.476 e. The number of carboxylic acids is 1. The summed E-state index contributed by atoms with van der Waals surface area (Å²) in [7, 11) is 0. The van der Waals surface area contributed by atoms with Gasteiger partial charge in [0.2, 0.25) is 0 Å². The number of aromatic carboxylic acids is 1. The van der Waals surface area contributed by atoms with E-state index in [1.807, 2.05) is 13.0 Å². The maximum atomic E-state index is 11.8. The number of rotatable bonds is 5. The molecule has 2 aromatic heterocycles. The predicted molar refractivity (Wildman–Crippen MR) is 82.2 cm³/mol. The lowest BCUT2D eigenvalue weighted by Gasteiger charge is -2.12. The molecule has 0 spiro atoms. The Hall–Kier alpha value is -1.64. The molecule has 1 atom stereocenters. The third-order valence-corrected chi connectivity index (χ3v) is 4.80. The molecule has 0 fully saturated rings. The van der Waals surface area contributed by atoms with Gasteiger partial charge in [-0.3, -0.25) is 0 Å². The topological polar surface area (TPSA) is 91.3 Å². The van der Waals surface area contributed by atoms with E-state index in [9.17, 15) is 9.59 Å². The van der Waals surface area contributed by atoms with E-state index in [1.54, 1.807) is 6.07 Å². The van der Waals surface area contributed by atoms with Gasteiger partial charge in [0.15, 0.2) is 5.69 Å². The lowest BCUT2D eigenvalue weighted by molar-refractivity contribution is 0.0691. The van der Waals surface area contributed by atoms with Crippen molar-refractivity contribution >= 4 is 46.3 Å². The van der Waals surface area contributed by atoms with E-state index in [0.29, 0.717) is 9.34 Å². The largest absolute Gasteiger partial charge is 0.476 e. The van der Waals surface area contributed by atoms with Crippen molar-refractivity contribution in [3.8, 4) is 0 Å². The van der Waals surface area contributed by atoms with Gasteiger partial charge in [0, 0.05) is 10.3 Å². The highest BCUT2D eigenvalue weighted by Gasteiger charge is 2.13. The van der Waals surface area contributed by atoms with E-state index in [0.717, 1.165) is 4.88 Å². The smallest absolute Gasteiger partial charge is 0.355 e. The van der Waals surface area contributed by atoms with Crippen LogP contribution in [-0.2, 0) is 6.54 Å².